The quantitative estimate of drug-likeness (QED) is 0.596. The van der Waals surface area contributed by atoms with Crippen LogP contribution in [0.15, 0.2) is 42.7 Å². The fourth-order valence-corrected chi connectivity index (χ4v) is 2.77. The number of hydrogen-bond acceptors (Lipinski definition) is 6. The Morgan fingerprint density at radius 3 is 2.62 bits per heavy atom. The first kappa shape index (κ1) is 16.1. The molecule has 8 heteroatoms. The molecule has 8 nitrogen and oxygen atoms in total. The first-order valence-corrected chi connectivity index (χ1v) is 8.23. The van der Waals surface area contributed by atoms with E-state index in [-0.39, 0.29) is 0 Å². The lowest BCUT2D eigenvalue weighted by Gasteiger charge is -2.09. The maximum atomic E-state index is 5.22. The topological polar surface area (TPSA) is 82.2 Å². The largest absolute Gasteiger partial charge is 0.497 e. The van der Waals surface area contributed by atoms with Gasteiger partial charge in [0.2, 0.25) is 5.65 Å². The zero-order valence-corrected chi connectivity index (χ0v) is 14.8. The van der Waals surface area contributed by atoms with E-state index in [1.165, 1.54) is 0 Å². The summed E-state index contributed by atoms with van der Waals surface area (Å²) in [6.07, 6.45) is 1.60. The van der Waals surface area contributed by atoms with E-state index in [2.05, 4.69) is 31.8 Å². The predicted molar refractivity (Wildman–Crippen MR) is 98.0 cm³/mol. The summed E-state index contributed by atoms with van der Waals surface area (Å²) >= 11 is 0. The fourth-order valence-electron chi connectivity index (χ4n) is 2.77. The van der Waals surface area contributed by atoms with E-state index in [9.17, 15) is 0 Å². The maximum Gasteiger partial charge on any atom is 0.200 e. The first-order chi connectivity index (χ1) is 12.6. The van der Waals surface area contributed by atoms with Gasteiger partial charge in [0.25, 0.3) is 0 Å². The number of ether oxygens (including phenoxy) is 1. The zero-order valence-electron chi connectivity index (χ0n) is 14.8. The van der Waals surface area contributed by atoms with Gasteiger partial charge >= 0.3 is 0 Å². The minimum atomic E-state index is 0.594. The molecule has 0 unspecified atom stereocenters. The highest BCUT2D eigenvalue weighted by Gasteiger charge is 2.11. The van der Waals surface area contributed by atoms with Gasteiger partial charge in [-0.15, -0.1) is 10.2 Å². The van der Waals surface area contributed by atoms with Crippen LogP contribution in [0.4, 0.5) is 5.69 Å². The predicted octanol–water partition coefficient (Wildman–Crippen LogP) is 2.45. The Labute approximate surface area is 150 Å². The Bertz CT molecular complexity index is 1030. The third kappa shape index (κ3) is 2.97. The smallest absolute Gasteiger partial charge is 0.200 e. The molecule has 3 aromatic heterocycles. The Hall–Kier alpha value is -3.42. The van der Waals surface area contributed by atoms with Crippen LogP contribution in [-0.4, -0.2) is 36.7 Å². The van der Waals surface area contributed by atoms with Crippen molar-refractivity contribution in [3.8, 4) is 17.0 Å². The molecule has 4 rings (SSSR count). The summed E-state index contributed by atoms with van der Waals surface area (Å²) in [6, 6.07) is 11.8. The number of benzene rings is 1. The van der Waals surface area contributed by atoms with Gasteiger partial charge in [0, 0.05) is 18.3 Å². The number of fused-ring (bicyclic) bond motifs is 1. The number of rotatable bonds is 5. The average molecular weight is 349 g/mol. The summed E-state index contributed by atoms with van der Waals surface area (Å²) in [5, 5.41) is 20.6. The SMILES string of the molecule is COc1ccc(-c2cc(NCc3cc(C)n(C)n3)c3nncn3n2)cc1. The van der Waals surface area contributed by atoms with E-state index in [0.29, 0.717) is 12.2 Å². The van der Waals surface area contributed by atoms with Gasteiger partial charge in [0.1, 0.15) is 12.1 Å². The molecule has 1 N–H and O–H groups in total. The van der Waals surface area contributed by atoms with E-state index in [1.54, 1.807) is 18.0 Å². The van der Waals surface area contributed by atoms with Crippen LogP contribution < -0.4 is 10.1 Å². The summed E-state index contributed by atoms with van der Waals surface area (Å²) in [5.41, 5.74) is 5.41. The van der Waals surface area contributed by atoms with Crippen LogP contribution in [0.2, 0.25) is 0 Å². The molecular weight excluding hydrogens is 330 g/mol. The number of hydrogen-bond donors (Lipinski definition) is 1. The molecule has 0 bridgehead atoms. The normalized spacial score (nSPS) is 11.0. The maximum absolute atomic E-state index is 5.22. The number of anilines is 1. The van der Waals surface area contributed by atoms with Gasteiger partial charge in [0.05, 0.1) is 30.7 Å². The van der Waals surface area contributed by atoms with Gasteiger partial charge < -0.3 is 10.1 Å². The molecule has 0 aliphatic heterocycles. The highest BCUT2D eigenvalue weighted by molar-refractivity contribution is 5.73. The molecule has 0 aliphatic carbocycles. The molecule has 4 aromatic rings. The van der Waals surface area contributed by atoms with Gasteiger partial charge in [-0.3, -0.25) is 4.68 Å². The molecule has 0 saturated carbocycles. The van der Waals surface area contributed by atoms with Crippen molar-refractivity contribution in [3.63, 3.8) is 0 Å². The van der Waals surface area contributed by atoms with Crippen LogP contribution in [0, 0.1) is 6.92 Å². The molecule has 0 fully saturated rings. The molecule has 0 saturated heterocycles. The molecular formula is C18H19N7O. The molecule has 3 heterocycles. The molecule has 26 heavy (non-hydrogen) atoms. The van der Waals surface area contributed by atoms with Crippen molar-refractivity contribution in [2.24, 2.45) is 7.05 Å². The molecule has 0 aliphatic rings. The molecule has 0 spiro atoms. The van der Waals surface area contributed by atoms with Gasteiger partial charge in [-0.1, -0.05) is 0 Å². The van der Waals surface area contributed by atoms with Crippen molar-refractivity contribution < 1.29 is 4.74 Å². The lowest BCUT2D eigenvalue weighted by atomic mass is 10.1. The van der Waals surface area contributed by atoms with Gasteiger partial charge in [-0.25, -0.2) is 0 Å². The van der Waals surface area contributed by atoms with Crippen molar-refractivity contribution in [2.45, 2.75) is 13.5 Å². The first-order valence-electron chi connectivity index (χ1n) is 8.23. The number of aryl methyl sites for hydroxylation is 2. The minimum absolute atomic E-state index is 0.594. The highest BCUT2D eigenvalue weighted by atomic mass is 16.5. The van der Waals surface area contributed by atoms with E-state index in [4.69, 9.17) is 4.74 Å². The van der Waals surface area contributed by atoms with Crippen LogP contribution in [0.3, 0.4) is 0 Å². The number of nitrogens with one attached hydrogen (secondary N) is 1. The van der Waals surface area contributed by atoms with Crippen molar-refractivity contribution in [1.82, 2.24) is 29.6 Å². The summed E-state index contributed by atoms with van der Waals surface area (Å²) in [5.74, 6) is 0.808. The summed E-state index contributed by atoms with van der Waals surface area (Å²) in [4.78, 5) is 0. The molecule has 1 aromatic carbocycles. The van der Waals surface area contributed by atoms with E-state index < -0.39 is 0 Å². The van der Waals surface area contributed by atoms with Gasteiger partial charge in [-0.2, -0.15) is 14.7 Å². The Morgan fingerprint density at radius 2 is 1.92 bits per heavy atom. The third-order valence-electron chi connectivity index (χ3n) is 4.28. The van der Waals surface area contributed by atoms with Crippen molar-refractivity contribution in [1.29, 1.82) is 0 Å². The lowest BCUT2D eigenvalue weighted by Crippen LogP contribution is -2.05. The second-order valence-corrected chi connectivity index (χ2v) is 6.03. The van der Waals surface area contributed by atoms with Gasteiger partial charge in [0.15, 0.2) is 0 Å². The number of aromatic nitrogens is 6. The standard InChI is InChI=1S/C18H19N7O/c1-12-8-14(22-24(12)2)10-19-17-9-16(23-25-11-20-21-18(17)25)13-4-6-15(26-3)7-5-13/h4-9,11,19H,10H2,1-3H3. The molecule has 0 radical (unpaired) electrons. The van der Waals surface area contributed by atoms with Crippen molar-refractivity contribution in [2.75, 3.05) is 12.4 Å². The second kappa shape index (κ2) is 6.47. The Balaban J connectivity index is 1.67. The summed E-state index contributed by atoms with van der Waals surface area (Å²) < 4.78 is 8.75. The summed E-state index contributed by atoms with van der Waals surface area (Å²) in [7, 11) is 3.58. The fraction of sp³-hybridized carbons (Fsp3) is 0.222. The van der Waals surface area contributed by atoms with E-state index in [1.807, 2.05) is 49.0 Å². The minimum Gasteiger partial charge on any atom is -0.497 e. The molecule has 0 amide bonds. The van der Waals surface area contributed by atoms with Crippen LogP contribution in [-0.2, 0) is 13.6 Å². The highest BCUT2D eigenvalue weighted by Crippen LogP contribution is 2.25. The van der Waals surface area contributed by atoms with Crippen LogP contribution in [0.1, 0.15) is 11.4 Å². The van der Waals surface area contributed by atoms with Gasteiger partial charge in [-0.05, 0) is 43.3 Å². The zero-order chi connectivity index (χ0) is 18.1. The monoisotopic (exact) mass is 349 g/mol. The lowest BCUT2D eigenvalue weighted by molar-refractivity contribution is 0.415. The Kier molecular flexibility index (Phi) is 4.00. The Morgan fingerprint density at radius 1 is 1.12 bits per heavy atom. The molecule has 132 valence electrons. The van der Waals surface area contributed by atoms with E-state index in [0.717, 1.165) is 34.1 Å². The number of nitrogens with zero attached hydrogens (tertiary/aromatic N) is 6. The van der Waals surface area contributed by atoms with Crippen LogP contribution >= 0.6 is 0 Å². The van der Waals surface area contributed by atoms with Crippen molar-refractivity contribution in [3.05, 3.63) is 54.1 Å². The van der Waals surface area contributed by atoms with Crippen molar-refractivity contribution >= 4 is 11.3 Å². The summed E-state index contributed by atoms with van der Waals surface area (Å²) in [6.45, 7) is 2.62. The number of methoxy groups -OCH3 is 1. The second-order valence-electron chi connectivity index (χ2n) is 6.03. The van der Waals surface area contributed by atoms with E-state index >= 15 is 0 Å². The average Bonchev–Trinajstić information content (AvgIpc) is 3.26. The van der Waals surface area contributed by atoms with Crippen LogP contribution in [0.25, 0.3) is 16.9 Å². The van der Waals surface area contributed by atoms with Crippen LogP contribution in [0.5, 0.6) is 5.75 Å². The third-order valence-corrected chi connectivity index (χ3v) is 4.28. The molecule has 0 atom stereocenters.